The maximum Gasteiger partial charge on any atom is 0.262 e. The first kappa shape index (κ1) is 20.3. The third-order valence-electron chi connectivity index (χ3n) is 6.80. The smallest absolute Gasteiger partial charge is 0.262 e. The number of thiophene rings is 2. The number of nitrogens with zero attached hydrogens (tertiary/aromatic N) is 4. The van der Waals surface area contributed by atoms with Crippen LogP contribution in [0.4, 0.5) is 0 Å². The molecule has 0 unspecified atom stereocenters. The number of benzene rings is 1. The van der Waals surface area contributed by atoms with E-state index in [2.05, 4.69) is 57.6 Å². The summed E-state index contributed by atoms with van der Waals surface area (Å²) < 4.78 is 3.18. The van der Waals surface area contributed by atoms with Gasteiger partial charge in [-0.1, -0.05) is 24.3 Å². The van der Waals surface area contributed by atoms with E-state index in [0.29, 0.717) is 6.54 Å². The van der Waals surface area contributed by atoms with E-state index >= 15 is 0 Å². The number of rotatable bonds is 4. The third kappa shape index (κ3) is 3.53. The molecule has 0 atom stereocenters. The van der Waals surface area contributed by atoms with Crippen LogP contribution in [-0.4, -0.2) is 52.6 Å². The van der Waals surface area contributed by atoms with E-state index in [1.165, 1.54) is 31.7 Å². The normalized spacial score (nSPS) is 17.7. The minimum atomic E-state index is 0.134. The fraction of sp³-hybridized carbons (Fsp3) is 0.360. The minimum Gasteiger partial charge on any atom is -0.301 e. The lowest BCUT2D eigenvalue weighted by Gasteiger charge is -2.26. The lowest BCUT2D eigenvalue weighted by atomic mass is 9.99. The van der Waals surface area contributed by atoms with Gasteiger partial charge in [0.2, 0.25) is 0 Å². The molecule has 0 bridgehead atoms. The second-order valence-electron chi connectivity index (χ2n) is 8.84. The zero-order chi connectivity index (χ0) is 21.7. The Hall–Kier alpha value is -2.32. The van der Waals surface area contributed by atoms with E-state index < -0.39 is 0 Å². The van der Waals surface area contributed by atoms with Crippen molar-refractivity contribution in [3.63, 3.8) is 0 Å². The van der Waals surface area contributed by atoms with Crippen LogP contribution in [0.15, 0.2) is 46.8 Å². The fourth-order valence-electron chi connectivity index (χ4n) is 4.94. The molecule has 2 aliphatic rings. The Kier molecular flexibility index (Phi) is 5.22. The molecule has 0 saturated carbocycles. The molecule has 5 heterocycles. The fourth-order valence-corrected chi connectivity index (χ4v) is 7.18. The van der Waals surface area contributed by atoms with Crippen molar-refractivity contribution < 1.29 is 0 Å². The van der Waals surface area contributed by atoms with Gasteiger partial charge in [0.15, 0.2) is 0 Å². The van der Waals surface area contributed by atoms with Crippen molar-refractivity contribution in [3.8, 4) is 0 Å². The molecule has 7 heteroatoms. The molecule has 3 aromatic heterocycles. The quantitative estimate of drug-likeness (QED) is 0.449. The molecule has 6 rings (SSSR count). The topological polar surface area (TPSA) is 41.4 Å². The number of fused-ring (bicyclic) bond motifs is 4. The van der Waals surface area contributed by atoms with E-state index in [1.54, 1.807) is 17.7 Å². The van der Waals surface area contributed by atoms with Crippen LogP contribution in [0.1, 0.15) is 22.4 Å². The average Bonchev–Trinajstić information content (AvgIpc) is 3.40. The van der Waals surface area contributed by atoms with Crippen molar-refractivity contribution in [2.45, 2.75) is 25.9 Å². The SMILES string of the molecule is CN1CCc2c(sc3ncn(CCN4CC=C(c5csc6ccccc56)CC4)c(=O)c23)C1. The summed E-state index contributed by atoms with van der Waals surface area (Å²) in [6.45, 7) is 5.46. The maximum atomic E-state index is 13.2. The molecule has 0 N–H and O–H groups in total. The monoisotopic (exact) mass is 462 g/mol. The second kappa shape index (κ2) is 8.23. The Bertz CT molecular complexity index is 1400. The Morgan fingerprint density at radius 3 is 2.91 bits per heavy atom. The number of hydrogen-bond donors (Lipinski definition) is 0. The van der Waals surface area contributed by atoms with Crippen LogP contribution in [0.2, 0.25) is 0 Å². The zero-order valence-corrected chi connectivity index (χ0v) is 19.8. The van der Waals surface area contributed by atoms with Gasteiger partial charge in [0.05, 0.1) is 11.7 Å². The Balaban J connectivity index is 1.17. The van der Waals surface area contributed by atoms with Gasteiger partial charge in [-0.2, -0.15) is 0 Å². The van der Waals surface area contributed by atoms with Crippen LogP contribution in [0.5, 0.6) is 0 Å². The van der Waals surface area contributed by atoms with Crippen molar-refractivity contribution in [2.24, 2.45) is 0 Å². The summed E-state index contributed by atoms with van der Waals surface area (Å²) in [5.41, 5.74) is 4.22. The Morgan fingerprint density at radius 2 is 2.03 bits per heavy atom. The van der Waals surface area contributed by atoms with Gasteiger partial charge < -0.3 is 4.90 Å². The van der Waals surface area contributed by atoms with E-state index in [1.807, 2.05) is 15.9 Å². The number of likely N-dealkylation sites (N-methyl/N-ethyl adjacent to an activating group) is 1. The van der Waals surface area contributed by atoms with Gasteiger partial charge in [-0.25, -0.2) is 4.98 Å². The van der Waals surface area contributed by atoms with Gasteiger partial charge in [0, 0.05) is 48.8 Å². The van der Waals surface area contributed by atoms with Gasteiger partial charge in [-0.3, -0.25) is 14.3 Å². The first-order valence-corrected chi connectivity index (χ1v) is 12.9. The largest absolute Gasteiger partial charge is 0.301 e. The molecule has 0 radical (unpaired) electrons. The standard InChI is InChI=1S/C25H26N4OS2/c1-27-9-8-19-22(14-27)32-24-23(19)25(30)29(16-26-24)13-12-28-10-6-17(7-11-28)20-15-31-21-5-3-2-4-18(20)21/h2-6,15-16H,7-14H2,1H3. The average molecular weight is 463 g/mol. The number of aromatic nitrogens is 2. The van der Waals surface area contributed by atoms with Crippen molar-refractivity contribution in [1.82, 2.24) is 19.4 Å². The summed E-state index contributed by atoms with van der Waals surface area (Å²) in [5.74, 6) is 0. The molecule has 0 spiro atoms. The van der Waals surface area contributed by atoms with Crippen molar-refractivity contribution >= 4 is 48.5 Å². The summed E-state index contributed by atoms with van der Waals surface area (Å²) in [6.07, 6.45) is 6.12. The highest BCUT2D eigenvalue weighted by molar-refractivity contribution is 7.18. The van der Waals surface area contributed by atoms with Crippen molar-refractivity contribution in [2.75, 3.05) is 33.2 Å². The number of hydrogen-bond acceptors (Lipinski definition) is 6. The van der Waals surface area contributed by atoms with Crippen LogP contribution < -0.4 is 5.56 Å². The van der Waals surface area contributed by atoms with Crippen LogP contribution in [0.25, 0.3) is 25.9 Å². The predicted molar refractivity (Wildman–Crippen MR) is 135 cm³/mol. The molecule has 1 aromatic carbocycles. The first-order valence-electron chi connectivity index (χ1n) is 11.2. The first-order chi connectivity index (χ1) is 15.7. The van der Waals surface area contributed by atoms with Gasteiger partial charge in [0.1, 0.15) is 4.83 Å². The lowest BCUT2D eigenvalue weighted by Crippen LogP contribution is -2.34. The predicted octanol–water partition coefficient (Wildman–Crippen LogP) is 4.45. The summed E-state index contributed by atoms with van der Waals surface area (Å²) in [4.78, 5) is 24.8. The van der Waals surface area contributed by atoms with Crippen molar-refractivity contribution in [3.05, 3.63) is 68.4 Å². The summed E-state index contributed by atoms with van der Waals surface area (Å²) in [7, 11) is 2.14. The van der Waals surface area contributed by atoms with Crippen LogP contribution in [-0.2, 0) is 19.5 Å². The highest BCUT2D eigenvalue weighted by Crippen LogP contribution is 2.34. The molecule has 0 fully saturated rings. The Morgan fingerprint density at radius 1 is 1.12 bits per heavy atom. The minimum absolute atomic E-state index is 0.134. The van der Waals surface area contributed by atoms with E-state index in [9.17, 15) is 4.79 Å². The lowest BCUT2D eigenvalue weighted by molar-refractivity contribution is 0.287. The van der Waals surface area contributed by atoms with E-state index in [-0.39, 0.29) is 5.56 Å². The maximum absolute atomic E-state index is 13.2. The van der Waals surface area contributed by atoms with Gasteiger partial charge >= 0.3 is 0 Å². The summed E-state index contributed by atoms with van der Waals surface area (Å²) >= 11 is 3.52. The molecule has 5 nitrogen and oxygen atoms in total. The molecule has 164 valence electrons. The van der Waals surface area contributed by atoms with Gasteiger partial charge in [-0.15, -0.1) is 22.7 Å². The summed E-state index contributed by atoms with van der Waals surface area (Å²) in [5, 5.41) is 4.53. The van der Waals surface area contributed by atoms with E-state index in [4.69, 9.17) is 0 Å². The zero-order valence-electron chi connectivity index (χ0n) is 18.2. The van der Waals surface area contributed by atoms with Crippen molar-refractivity contribution in [1.29, 1.82) is 0 Å². The molecule has 2 aliphatic heterocycles. The molecular formula is C25H26N4OS2. The van der Waals surface area contributed by atoms with Crippen LogP contribution in [0.3, 0.4) is 0 Å². The molecule has 0 amide bonds. The molecular weight excluding hydrogens is 436 g/mol. The van der Waals surface area contributed by atoms with Crippen LogP contribution in [0, 0.1) is 0 Å². The van der Waals surface area contributed by atoms with E-state index in [0.717, 1.165) is 55.8 Å². The molecule has 0 aliphatic carbocycles. The Labute approximate surface area is 195 Å². The highest BCUT2D eigenvalue weighted by Gasteiger charge is 2.22. The van der Waals surface area contributed by atoms with Crippen LogP contribution >= 0.6 is 22.7 Å². The second-order valence-corrected chi connectivity index (χ2v) is 10.8. The molecule has 4 aromatic rings. The third-order valence-corrected chi connectivity index (χ3v) is 8.88. The summed E-state index contributed by atoms with van der Waals surface area (Å²) in [6, 6.07) is 8.66. The van der Waals surface area contributed by atoms with Gasteiger partial charge in [0.25, 0.3) is 5.56 Å². The molecule has 32 heavy (non-hydrogen) atoms. The van der Waals surface area contributed by atoms with Gasteiger partial charge in [-0.05, 0) is 53.4 Å². The highest BCUT2D eigenvalue weighted by atomic mass is 32.1. The molecule has 0 saturated heterocycles.